The molecule has 1 saturated carbocycles. The Balaban J connectivity index is 2.46. The van der Waals surface area contributed by atoms with Crippen LogP contribution in [0.1, 0.15) is 73.1 Å². The number of hydrogen-bond donors (Lipinski definition) is 1. The lowest BCUT2D eigenvalue weighted by atomic mass is 10.1. The summed E-state index contributed by atoms with van der Waals surface area (Å²) < 4.78 is 0. The largest absolute Gasteiger partial charge is 0.340 e. The Kier molecular flexibility index (Phi) is 7.01. The highest BCUT2D eigenvalue weighted by Gasteiger charge is 2.26. The molecule has 1 aliphatic carbocycles. The predicted octanol–water partition coefficient (Wildman–Crippen LogP) is 3.58. The van der Waals surface area contributed by atoms with Gasteiger partial charge in [-0.05, 0) is 46.0 Å². The van der Waals surface area contributed by atoms with Gasteiger partial charge in [0, 0.05) is 31.1 Å². The first-order chi connectivity index (χ1) is 9.29. The molecule has 1 N–H and O–H groups in total. The highest BCUT2D eigenvalue weighted by molar-refractivity contribution is 5.76. The van der Waals surface area contributed by atoms with Crippen LogP contribution in [0.5, 0.6) is 0 Å². The second-order valence-electron chi connectivity index (χ2n) is 7.63. The molecule has 0 heterocycles. The number of carbonyl (C=O) groups is 1. The van der Waals surface area contributed by atoms with Crippen LogP contribution in [0.3, 0.4) is 0 Å². The molecular formula is C17H34N2O. The van der Waals surface area contributed by atoms with Crippen LogP contribution in [0.2, 0.25) is 0 Å². The molecule has 118 valence electrons. The first kappa shape index (κ1) is 17.5. The number of carbonyl (C=O) groups excluding carboxylic acids is 1. The Morgan fingerprint density at radius 3 is 2.35 bits per heavy atom. The maximum atomic E-state index is 12.5. The van der Waals surface area contributed by atoms with Crippen molar-refractivity contribution >= 4 is 5.91 Å². The van der Waals surface area contributed by atoms with E-state index in [9.17, 15) is 4.79 Å². The lowest BCUT2D eigenvalue weighted by molar-refractivity contribution is -0.133. The molecule has 0 unspecified atom stereocenters. The number of nitrogens with zero attached hydrogens (tertiary/aromatic N) is 1. The summed E-state index contributed by atoms with van der Waals surface area (Å²) in [4.78, 5) is 14.7. The summed E-state index contributed by atoms with van der Waals surface area (Å²) in [6, 6.07) is 0.510. The van der Waals surface area contributed by atoms with Gasteiger partial charge < -0.3 is 10.2 Å². The molecule has 0 aromatic carbocycles. The minimum atomic E-state index is 0.0937. The molecule has 20 heavy (non-hydrogen) atoms. The van der Waals surface area contributed by atoms with Gasteiger partial charge in [0.2, 0.25) is 5.91 Å². The molecule has 1 amide bonds. The van der Waals surface area contributed by atoms with E-state index in [1.807, 2.05) is 0 Å². The van der Waals surface area contributed by atoms with Crippen molar-refractivity contribution < 1.29 is 4.79 Å². The van der Waals surface area contributed by atoms with Crippen molar-refractivity contribution in [3.05, 3.63) is 0 Å². The van der Waals surface area contributed by atoms with E-state index in [1.165, 1.54) is 25.7 Å². The van der Waals surface area contributed by atoms with Crippen molar-refractivity contribution in [1.82, 2.24) is 10.2 Å². The van der Waals surface area contributed by atoms with Gasteiger partial charge in [-0.15, -0.1) is 0 Å². The molecular weight excluding hydrogens is 248 g/mol. The highest BCUT2D eigenvalue weighted by atomic mass is 16.2. The molecule has 1 fully saturated rings. The molecule has 0 spiro atoms. The lowest BCUT2D eigenvalue weighted by Gasteiger charge is -2.30. The van der Waals surface area contributed by atoms with Gasteiger partial charge >= 0.3 is 0 Å². The standard InChI is InChI=1S/C17H34N2O/c1-14(2)11-13-19(15-8-6-7-9-15)16(20)10-12-18-17(3,4)5/h14-15,18H,6-13H2,1-5H3. The molecule has 3 heteroatoms. The third kappa shape index (κ3) is 6.74. The Morgan fingerprint density at radius 2 is 1.85 bits per heavy atom. The molecule has 0 radical (unpaired) electrons. The van der Waals surface area contributed by atoms with Crippen LogP contribution >= 0.6 is 0 Å². The fourth-order valence-electron chi connectivity index (χ4n) is 2.81. The molecule has 1 aliphatic rings. The average Bonchev–Trinajstić information content (AvgIpc) is 2.80. The summed E-state index contributed by atoms with van der Waals surface area (Å²) in [5, 5.41) is 3.42. The zero-order chi connectivity index (χ0) is 15.2. The van der Waals surface area contributed by atoms with Crippen LogP contribution in [0.25, 0.3) is 0 Å². The summed E-state index contributed by atoms with van der Waals surface area (Å²) in [6.45, 7) is 12.6. The zero-order valence-corrected chi connectivity index (χ0v) is 14.2. The van der Waals surface area contributed by atoms with Crippen molar-refractivity contribution in [1.29, 1.82) is 0 Å². The van der Waals surface area contributed by atoms with Gasteiger partial charge in [-0.25, -0.2) is 0 Å². The molecule has 1 rings (SSSR count). The first-order valence-corrected chi connectivity index (χ1v) is 8.34. The van der Waals surface area contributed by atoms with Crippen LogP contribution in [0.4, 0.5) is 0 Å². The van der Waals surface area contributed by atoms with Crippen molar-refractivity contribution in [2.24, 2.45) is 5.92 Å². The minimum absolute atomic E-state index is 0.0937. The van der Waals surface area contributed by atoms with E-state index in [2.05, 4.69) is 44.8 Å². The third-order valence-electron chi connectivity index (χ3n) is 4.03. The minimum Gasteiger partial charge on any atom is -0.340 e. The Hall–Kier alpha value is -0.570. The van der Waals surface area contributed by atoms with E-state index in [0.717, 1.165) is 19.5 Å². The number of nitrogens with one attached hydrogen (secondary N) is 1. The topological polar surface area (TPSA) is 32.3 Å². The van der Waals surface area contributed by atoms with Gasteiger partial charge in [-0.1, -0.05) is 26.7 Å². The van der Waals surface area contributed by atoms with Crippen LogP contribution in [-0.4, -0.2) is 35.5 Å². The Morgan fingerprint density at radius 1 is 1.25 bits per heavy atom. The van der Waals surface area contributed by atoms with Crippen LogP contribution in [0.15, 0.2) is 0 Å². The van der Waals surface area contributed by atoms with Gasteiger partial charge in [0.05, 0.1) is 0 Å². The number of rotatable bonds is 7. The van der Waals surface area contributed by atoms with Gasteiger partial charge in [-0.3, -0.25) is 4.79 Å². The van der Waals surface area contributed by atoms with Crippen LogP contribution in [0, 0.1) is 5.92 Å². The summed E-state index contributed by atoms with van der Waals surface area (Å²) in [5.74, 6) is 1.01. The van der Waals surface area contributed by atoms with Crippen molar-refractivity contribution in [2.75, 3.05) is 13.1 Å². The summed E-state index contributed by atoms with van der Waals surface area (Å²) >= 11 is 0. The fraction of sp³-hybridized carbons (Fsp3) is 0.941. The smallest absolute Gasteiger partial charge is 0.224 e. The predicted molar refractivity (Wildman–Crippen MR) is 85.8 cm³/mol. The SMILES string of the molecule is CC(C)CCN(C(=O)CCNC(C)(C)C)C1CCCC1. The number of amides is 1. The van der Waals surface area contributed by atoms with E-state index in [1.54, 1.807) is 0 Å². The summed E-state index contributed by atoms with van der Waals surface area (Å²) in [5.41, 5.74) is 0.0937. The molecule has 0 bridgehead atoms. The van der Waals surface area contributed by atoms with E-state index >= 15 is 0 Å². The zero-order valence-electron chi connectivity index (χ0n) is 14.2. The van der Waals surface area contributed by atoms with Crippen molar-refractivity contribution in [2.45, 2.75) is 84.7 Å². The third-order valence-corrected chi connectivity index (χ3v) is 4.03. The average molecular weight is 282 g/mol. The van der Waals surface area contributed by atoms with Gasteiger partial charge in [0.25, 0.3) is 0 Å². The van der Waals surface area contributed by atoms with Crippen LogP contribution < -0.4 is 5.32 Å². The normalized spacial score (nSPS) is 16.9. The van der Waals surface area contributed by atoms with Gasteiger partial charge in [0.15, 0.2) is 0 Å². The monoisotopic (exact) mass is 282 g/mol. The molecule has 0 aromatic rings. The second-order valence-corrected chi connectivity index (χ2v) is 7.63. The molecule has 0 aromatic heterocycles. The van der Waals surface area contributed by atoms with E-state index in [-0.39, 0.29) is 5.54 Å². The molecule has 0 saturated heterocycles. The van der Waals surface area contributed by atoms with Gasteiger partial charge in [0.1, 0.15) is 0 Å². The summed E-state index contributed by atoms with van der Waals surface area (Å²) in [7, 11) is 0. The van der Waals surface area contributed by atoms with Crippen molar-refractivity contribution in [3.8, 4) is 0 Å². The van der Waals surface area contributed by atoms with Gasteiger partial charge in [-0.2, -0.15) is 0 Å². The second kappa shape index (κ2) is 8.02. The fourth-order valence-corrected chi connectivity index (χ4v) is 2.81. The number of hydrogen-bond acceptors (Lipinski definition) is 2. The maximum absolute atomic E-state index is 12.5. The quantitative estimate of drug-likeness (QED) is 0.774. The highest BCUT2D eigenvalue weighted by Crippen LogP contribution is 2.24. The van der Waals surface area contributed by atoms with E-state index in [0.29, 0.717) is 24.3 Å². The molecule has 0 aliphatic heterocycles. The van der Waals surface area contributed by atoms with E-state index < -0.39 is 0 Å². The van der Waals surface area contributed by atoms with Crippen LogP contribution in [-0.2, 0) is 4.79 Å². The van der Waals surface area contributed by atoms with Crippen molar-refractivity contribution in [3.63, 3.8) is 0 Å². The maximum Gasteiger partial charge on any atom is 0.224 e. The Bertz CT molecular complexity index is 288. The van der Waals surface area contributed by atoms with E-state index in [4.69, 9.17) is 0 Å². The summed E-state index contributed by atoms with van der Waals surface area (Å²) in [6.07, 6.45) is 6.74. The molecule has 0 atom stereocenters. The molecule has 3 nitrogen and oxygen atoms in total. The lowest BCUT2D eigenvalue weighted by Crippen LogP contribution is -2.43. The first-order valence-electron chi connectivity index (χ1n) is 8.34. The Labute approximate surface area is 125 Å².